The highest BCUT2D eigenvalue weighted by atomic mass is 32.2. The Labute approximate surface area is 88.6 Å². The monoisotopic (exact) mass is 235 g/mol. The molecule has 0 fully saturated rings. The standard InChI is InChI=1S/C9H8F3NOS/c10-9(11,12)15-7-4-2-1-3-6(7)5-8(13)14/h1-4H,5H2,(H2,13,14). The van der Waals surface area contributed by atoms with Crippen LogP contribution in [0.25, 0.3) is 0 Å². The highest BCUT2D eigenvalue weighted by Crippen LogP contribution is 2.38. The van der Waals surface area contributed by atoms with Gasteiger partial charge in [-0.2, -0.15) is 13.2 Å². The van der Waals surface area contributed by atoms with Gasteiger partial charge < -0.3 is 5.73 Å². The smallest absolute Gasteiger partial charge is 0.369 e. The van der Waals surface area contributed by atoms with E-state index in [9.17, 15) is 18.0 Å². The summed E-state index contributed by atoms with van der Waals surface area (Å²) in [5, 5.41) is 0. The van der Waals surface area contributed by atoms with E-state index in [1.165, 1.54) is 18.2 Å². The molecule has 0 heterocycles. The summed E-state index contributed by atoms with van der Waals surface area (Å²) < 4.78 is 36.3. The average Bonchev–Trinajstić information content (AvgIpc) is 2.05. The molecule has 0 aliphatic heterocycles. The second-order valence-electron chi connectivity index (χ2n) is 2.80. The van der Waals surface area contributed by atoms with Crippen molar-refractivity contribution >= 4 is 17.7 Å². The van der Waals surface area contributed by atoms with Crippen LogP contribution in [0, 0.1) is 0 Å². The van der Waals surface area contributed by atoms with Gasteiger partial charge in [0.05, 0.1) is 6.42 Å². The van der Waals surface area contributed by atoms with Gasteiger partial charge in [-0.3, -0.25) is 4.79 Å². The minimum atomic E-state index is -4.35. The molecule has 2 nitrogen and oxygen atoms in total. The zero-order valence-electron chi connectivity index (χ0n) is 7.54. The van der Waals surface area contributed by atoms with Gasteiger partial charge in [-0.15, -0.1) is 0 Å². The number of nitrogens with two attached hydrogens (primary N) is 1. The number of hydrogen-bond acceptors (Lipinski definition) is 2. The van der Waals surface area contributed by atoms with Gasteiger partial charge in [0.1, 0.15) is 0 Å². The van der Waals surface area contributed by atoms with Crippen LogP contribution in [0.15, 0.2) is 29.2 Å². The number of alkyl halides is 3. The van der Waals surface area contributed by atoms with Crippen LogP contribution in [-0.4, -0.2) is 11.4 Å². The Morgan fingerprint density at radius 1 is 1.33 bits per heavy atom. The maximum atomic E-state index is 12.1. The Hall–Kier alpha value is -1.17. The highest BCUT2D eigenvalue weighted by Gasteiger charge is 2.30. The van der Waals surface area contributed by atoms with Gasteiger partial charge in [0.2, 0.25) is 5.91 Å². The van der Waals surface area contributed by atoms with E-state index in [2.05, 4.69) is 0 Å². The van der Waals surface area contributed by atoms with Gasteiger partial charge in [-0.25, -0.2) is 0 Å². The number of halogens is 3. The molecule has 0 bridgehead atoms. The molecule has 0 radical (unpaired) electrons. The van der Waals surface area contributed by atoms with Gasteiger partial charge >= 0.3 is 5.51 Å². The van der Waals surface area contributed by atoms with E-state index in [4.69, 9.17) is 5.73 Å². The molecule has 0 aromatic heterocycles. The second-order valence-corrected chi connectivity index (χ2v) is 3.91. The Kier molecular flexibility index (Phi) is 3.62. The van der Waals surface area contributed by atoms with E-state index in [0.29, 0.717) is 5.56 Å². The average molecular weight is 235 g/mol. The number of amides is 1. The van der Waals surface area contributed by atoms with Crippen LogP contribution < -0.4 is 5.73 Å². The fourth-order valence-electron chi connectivity index (χ4n) is 1.06. The molecule has 0 aliphatic carbocycles. The third-order valence-corrected chi connectivity index (χ3v) is 2.41. The minimum Gasteiger partial charge on any atom is -0.369 e. The first-order chi connectivity index (χ1) is 6.88. The first-order valence-electron chi connectivity index (χ1n) is 4.00. The van der Waals surface area contributed by atoms with Crippen LogP contribution >= 0.6 is 11.8 Å². The SMILES string of the molecule is NC(=O)Cc1ccccc1SC(F)(F)F. The lowest BCUT2D eigenvalue weighted by molar-refractivity contribution is -0.117. The van der Waals surface area contributed by atoms with E-state index in [1.54, 1.807) is 6.07 Å². The molecular weight excluding hydrogens is 227 g/mol. The lowest BCUT2D eigenvalue weighted by Gasteiger charge is -2.09. The van der Waals surface area contributed by atoms with Crippen LogP contribution in [0.4, 0.5) is 13.2 Å². The van der Waals surface area contributed by atoms with Crippen LogP contribution in [0.5, 0.6) is 0 Å². The van der Waals surface area contributed by atoms with Crippen molar-refractivity contribution in [1.29, 1.82) is 0 Å². The van der Waals surface area contributed by atoms with E-state index < -0.39 is 11.4 Å². The maximum Gasteiger partial charge on any atom is 0.446 e. The molecule has 82 valence electrons. The summed E-state index contributed by atoms with van der Waals surface area (Å²) in [5.41, 5.74) is 0.873. The number of benzene rings is 1. The molecule has 6 heteroatoms. The Morgan fingerprint density at radius 3 is 2.47 bits per heavy atom. The summed E-state index contributed by atoms with van der Waals surface area (Å²) in [6.45, 7) is 0. The zero-order valence-corrected chi connectivity index (χ0v) is 8.36. The van der Waals surface area contributed by atoms with E-state index >= 15 is 0 Å². The lowest BCUT2D eigenvalue weighted by atomic mass is 10.1. The number of carbonyl (C=O) groups excluding carboxylic acids is 1. The van der Waals surface area contributed by atoms with Crippen LogP contribution in [0.2, 0.25) is 0 Å². The number of thioether (sulfide) groups is 1. The topological polar surface area (TPSA) is 43.1 Å². The highest BCUT2D eigenvalue weighted by molar-refractivity contribution is 8.00. The van der Waals surface area contributed by atoms with Crippen molar-refractivity contribution in [3.63, 3.8) is 0 Å². The van der Waals surface area contributed by atoms with Crippen molar-refractivity contribution in [2.45, 2.75) is 16.8 Å². The van der Waals surface area contributed by atoms with Crippen LogP contribution in [0.1, 0.15) is 5.56 Å². The first kappa shape index (κ1) is 11.9. The number of hydrogen-bond donors (Lipinski definition) is 1. The van der Waals surface area contributed by atoms with Crippen molar-refractivity contribution in [3.8, 4) is 0 Å². The van der Waals surface area contributed by atoms with Crippen LogP contribution in [-0.2, 0) is 11.2 Å². The number of rotatable bonds is 3. The summed E-state index contributed by atoms with van der Waals surface area (Å²) in [4.78, 5) is 10.6. The quantitative estimate of drug-likeness (QED) is 0.817. The minimum absolute atomic E-state index is 0.0174. The molecule has 15 heavy (non-hydrogen) atoms. The van der Waals surface area contributed by atoms with E-state index in [0.717, 1.165) is 0 Å². The molecule has 1 aromatic rings. The van der Waals surface area contributed by atoms with Crippen molar-refractivity contribution in [2.75, 3.05) is 0 Å². The van der Waals surface area contributed by atoms with Gasteiger partial charge in [0.15, 0.2) is 0 Å². The molecule has 0 spiro atoms. The van der Waals surface area contributed by atoms with Crippen molar-refractivity contribution in [1.82, 2.24) is 0 Å². The summed E-state index contributed by atoms with van der Waals surface area (Å²) in [5.74, 6) is -0.648. The normalized spacial score (nSPS) is 11.4. The van der Waals surface area contributed by atoms with Gasteiger partial charge in [-0.05, 0) is 23.4 Å². The fraction of sp³-hybridized carbons (Fsp3) is 0.222. The van der Waals surface area contributed by atoms with Gasteiger partial charge in [-0.1, -0.05) is 18.2 Å². The van der Waals surface area contributed by atoms with Crippen LogP contribution in [0.3, 0.4) is 0 Å². The first-order valence-corrected chi connectivity index (χ1v) is 4.82. The predicted octanol–water partition coefficient (Wildman–Crippen LogP) is 2.33. The molecule has 0 unspecified atom stereocenters. The van der Waals surface area contributed by atoms with Gasteiger partial charge in [0, 0.05) is 4.90 Å². The Morgan fingerprint density at radius 2 is 1.93 bits per heavy atom. The molecular formula is C9H8F3NOS. The van der Waals surface area contributed by atoms with Gasteiger partial charge in [0.25, 0.3) is 0 Å². The molecule has 0 saturated carbocycles. The molecule has 1 rings (SSSR count). The van der Waals surface area contributed by atoms with Crippen molar-refractivity contribution < 1.29 is 18.0 Å². The van der Waals surface area contributed by atoms with E-state index in [1.807, 2.05) is 0 Å². The largest absolute Gasteiger partial charge is 0.446 e. The second kappa shape index (κ2) is 4.57. The summed E-state index contributed by atoms with van der Waals surface area (Å²) in [7, 11) is 0. The molecule has 2 N–H and O–H groups in total. The fourth-order valence-corrected chi connectivity index (χ4v) is 1.73. The third-order valence-electron chi connectivity index (χ3n) is 1.56. The zero-order chi connectivity index (χ0) is 11.5. The third kappa shape index (κ3) is 4.24. The summed E-state index contributed by atoms with van der Waals surface area (Å²) >= 11 is -0.238. The predicted molar refractivity (Wildman–Crippen MR) is 51.3 cm³/mol. The lowest BCUT2D eigenvalue weighted by Crippen LogP contribution is -2.14. The molecule has 1 amide bonds. The number of primary amides is 1. The molecule has 1 aromatic carbocycles. The maximum absolute atomic E-state index is 12.1. The summed E-state index contributed by atoms with van der Waals surface area (Å²) in [6, 6.07) is 5.83. The van der Waals surface area contributed by atoms with E-state index in [-0.39, 0.29) is 23.1 Å². The Balaban J connectivity index is 2.91. The van der Waals surface area contributed by atoms with Crippen molar-refractivity contribution in [2.24, 2.45) is 5.73 Å². The number of carbonyl (C=O) groups is 1. The van der Waals surface area contributed by atoms with Crippen molar-refractivity contribution in [3.05, 3.63) is 29.8 Å². The molecule has 0 aliphatic rings. The molecule has 0 atom stereocenters. The Bertz CT molecular complexity index is 365. The summed E-state index contributed by atoms with van der Waals surface area (Å²) in [6.07, 6.45) is -0.181. The molecule has 0 saturated heterocycles.